The molecule has 4 atom stereocenters. The number of amides is 2. The molecule has 1 aliphatic carbocycles. The van der Waals surface area contributed by atoms with Crippen LogP contribution in [0.1, 0.15) is 46.3 Å². The smallest absolute Gasteiger partial charge is 0.240 e. The fraction of sp³-hybridized carbons (Fsp3) is 0.300. The number of rotatable bonds is 8. The van der Waals surface area contributed by atoms with E-state index in [-0.39, 0.29) is 17.6 Å². The first-order valence-corrected chi connectivity index (χ1v) is 12.4. The fourth-order valence-corrected chi connectivity index (χ4v) is 5.53. The predicted octanol–water partition coefficient (Wildman–Crippen LogP) is 4.13. The van der Waals surface area contributed by atoms with Crippen molar-refractivity contribution in [3.05, 3.63) is 95.6 Å². The predicted molar refractivity (Wildman–Crippen MR) is 138 cm³/mol. The van der Waals surface area contributed by atoms with Crippen LogP contribution in [-0.2, 0) is 9.59 Å². The summed E-state index contributed by atoms with van der Waals surface area (Å²) >= 11 is 0. The van der Waals surface area contributed by atoms with Crippen molar-refractivity contribution in [2.45, 2.75) is 30.8 Å². The molecule has 190 valence electrons. The van der Waals surface area contributed by atoms with Crippen molar-refractivity contribution < 1.29 is 23.9 Å². The molecular formula is C30H30N2O5. The first kappa shape index (κ1) is 24.6. The number of ketones is 1. The molecule has 2 fully saturated rings. The van der Waals surface area contributed by atoms with Gasteiger partial charge in [-0.2, -0.15) is 0 Å². The topological polar surface area (TPSA) is 98.9 Å². The molecule has 3 aromatic rings. The Morgan fingerprint density at radius 3 is 1.86 bits per heavy atom. The molecule has 1 heterocycles. The lowest BCUT2D eigenvalue weighted by Gasteiger charge is -2.31. The van der Waals surface area contributed by atoms with E-state index >= 15 is 0 Å². The molecule has 2 aliphatic rings. The number of hydrogen-bond donors (Lipinski definition) is 1. The molecule has 37 heavy (non-hydrogen) atoms. The Labute approximate surface area is 216 Å². The summed E-state index contributed by atoms with van der Waals surface area (Å²) in [5, 5.41) is 0. The zero-order chi connectivity index (χ0) is 26.1. The Kier molecular flexibility index (Phi) is 6.70. The van der Waals surface area contributed by atoms with Gasteiger partial charge in [-0.3, -0.25) is 14.4 Å². The molecule has 7 heteroatoms. The van der Waals surface area contributed by atoms with Crippen LogP contribution >= 0.6 is 0 Å². The van der Waals surface area contributed by atoms with Crippen LogP contribution < -0.4 is 15.2 Å². The fourth-order valence-electron chi connectivity index (χ4n) is 5.53. The average Bonchev–Trinajstić information content (AvgIpc) is 3.73. The van der Waals surface area contributed by atoms with E-state index in [0.29, 0.717) is 17.1 Å². The number of hydrogen-bond acceptors (Lipinski definition) is 5. The van der Waals surface area contributed by atoms with E-state index in [1.165, 1.54) is 0 Å². The van der Waals surface area contributed by atoms with Crippen molar-refractivity contribution in [2.75, 3.05) is 14.2 Å². The van der Waals surface area contributed by atoms with Gasteiger partial charge in [0, 0.05) is 17.4 Å². The van der Waals surface area contributed by atoms with Crippen LogP contribution in [0.5, 0.6) is 11.5 Å². The molecule has 2 amide bonds. The molecule has 4 unspecified atom stereocenters. The Bertz CT molecular complexity index is 1290. The lowest BCUT2D eigenvalue weighted by Crippen LogP contribution is -2.47. The molecule has 0 spiro atoms. The number of methoxy groups -OCH3 is 2. The summed E-state index contributed by atoms with van der Waals surface area (Å²) in [6.45, 7) is 0. The molecule has 5 rings (SSSR count). The number of primary amides is 1. The highest BCUT2D eigenvalue weighted by atomic mass is 16.5. The van der Waals surface area contributed by atoms with Gasteiger partial charge in [0.05, 0.1) is 26.2 Å². The van der Waals surface area contributed by atoms with Crippen molar-refractivity contribution in [2.24, 2.45) is 17.6 Å². The molecule has 7 nitrogen and oxygen atoms in total. The van der Waals surface area contributed by atoms with Gasteiger partial charge in [0.1, 0.15) is 17.5 Å². The van der Waals surface area contributed by atoms with Crippen molar-refractivity contribution in [1.82, 2.24) is 4.90 Å². The summed E-state index contributed by atoms with van der Waals surface area (Å²) in [6, 6.07) is 22.0. The van der Waals surface area contributed by atoms with E-state index in [0.717, 1.165) is 24.0 Å². The van der Waals surface area contributed by atoms with Gasteiger partial charge in [0.15, 0.2) is 5.78 Å². The van der Waals surface area contributed by atoms with E-state index in [2.05, 4.69) is 0 Å². The summed E-state index contributed by atoms with van der Waals surface area (Å²) in [4.78, 5) is 42.8. The number of carbonyl (C=O) groups excluding carboxylic acids is 3. The molecular weight excluding hydrogens is 468 g/mol. The maximum absolute atomic E-state index is 14.3. The van der Waals surface area contributed by atoms with E-state index in [1.807, 2.05) is 42.5 Å². The Morgan fingerprint density at radius 2 is 1.35 bits per heavy atom. The number of likely N-dealkylation sites (tertiary alicyclic amines) is 1. The van der Waals surface area contributed by atoms with Crippen molar-refractivity contribution in [3.8, 4) is 11.5 Å². The third-order valence-electron chi connectivity index (χ3n) is 7.46. The maximum Gasteiger partial charge on any atom is 0.240 e. The molecule has 1 saturated carbocycles. The lowest BCUT2D eigenvalue weighted by atomic mass is 9.76. The Morgan fingerprint density at radius 1 is 0.784 bits per heavy atom. The summed E-state index contributed by atoms with van der Waals surface area (Å²) in [6.07, 6.45) is 1.53. The monoisotopic (exact) mass is 498 g/mol. The Balaban J connectivity index is 1.71. The van der Waals surface area contributed by atoms with E-state index in [4.69, 9.17) is 15.2 Å². The first-order chi connectivity index (χ1) is 17.9. The molecule has 1 aliphatic heterocycles. The number of benzene rings is 3. The largest absolute Gasteiger partial charge is 0.497 e. The highest BCUT2D eigenvalue weighted by Gasteiger charge is 2.58. The van der Waals surface area contributed by atoms with Gasteiger partial charge in [-0.15, -0.1) is 0 Å². The SMILES string of the molecule is COc1ccc(C(=O)C2C(c3ccccc3)C(C(N)=O)N(C(=O)C3CC3)C2c2ccc(OC)cc2)cc1. The average molecular weight is 499 g/mol. The zero-order valence-corrected chi connectivity index (χ0v) is 20.9. The third kappa shape index (κ3) is 4.57. The number of Topliss-reactive ketones (excluding diaryl/α,β-unsaturated/α-hetero) is 1. The second kappa shape index (κ2) is 10.1. The highest BCUT2D eigenvalue weighted by Crippen LogP contribution is 2.53. The minimum Gasteiger partial charge on any atom is -0.497 e. The van der Waals surface area contributed by atoms with E-state index in [9.17, 15) is 14.4 Å². The second-order valence-corrected chi connectivity index (χ2v) is 9.64. The van der Waals surface area contributed by atoms with Crippen LogP contribution in [0.2, 0.25) is 0 Å². The number of carbonyl (C=O) groups is 3. The minimum atomic E-state index is -0.963. The van der Waals surface area contributed by atoms with Gasteiger partial charge < -0.3 is 20.1 Å². The minimum absolute atomic E-state index is 0.129. The van der Waals surface area contributed by atoms with Crippen molar-refractivity contribution in [1.29, 1.82) is 0 Å². The van der Waals surface area contributed by atoms with Gasteiger partial charge in [-0.1, -0.05) is 42.5 Å². The van der Waals surface area contributed by atoms with Crippen LogP contribution in [0.3, 0.4) is 0 Å². The van der Waals surface area contributed by atoms with Gasteiger partial charge in [0.25, 0.3) is 0 Å². The molecule has 0 radical (unpaired) electrons. The quantitative estimate of drug-likeness (QED) is 0.471. The molecule has 2 N–H and O–H groups in total. The van der Waals surface area contributed by atoms with Crippen LogP contribution in [0.25, 0.3) is 0 Å². The third-order valence-corrected chi connectivity index (χ3v) is 7.46. The molecule has 0 bridgehead atoms. The second-order valence-electron chi connectivity index (χ2n) is 9.64. The van der Waals surface area contributed by atoms with Crippen molar-refractivity contribution >= 4 is 17.6 Å². The van der Waals surface area contributed by atoms with E-state index in [1.54, 1.807) is 55.5 Å². The Hall–Kier alpha value is -4.13. The summed E-state index contributed by atoms with van der Waals surface area (Å²) in [7, 11) is 3.15. The van der Waals surface area contributed by atoms with Crippen LogP contribution in [0.15, 0.2) is 78.9 Å². The standard InChI is InChI=1S/C30H30N2O5/c1-36-22-14-10-19(11-15-22)26-25(28(33)20-12-16-23(37-2)17-13-20)24(18-6-4-3-5-7-18)27(29(31)34)32(26)30(35)21-8-9-21/h3-7,10-17,21,24-27H,8-9H2,1-2H3,(H2,31,34). The lowest BCUT2D eigenvalue weighted by molar-refractivity contribution is -0.140. The number of nitrogens with two attached hydrogens (primary N) is 1. The van der Waals surface area contributed by atoms with E-state index < -0.39 is 29.8 Å². The normalized spacial score (nSPS) is 22.9. The molecule has 1 saturated heterocycles. The van der Waals surface area contributed by atoms with Gasteiger partial charge in [-0.25, -0.2) is 0 Å². The highest BCUT2D eigenvalue weighted by molar-refractivity contribution is 6.02. The van der Waals surface area contributed by atoms with Gasteiger partial charge in [-0.05, 0) is 60.4 Å². The molecule has 0 aromatic heterocycles. The number of ether oxygens (including phenoxy) is 2. The zero-order valence-electron chi connectivity index (χ0n) is 20.9. The number of nitrogens with zero attached hydrogens (tertiary/aromatic N) is 1. The molecule has 3 aromatic carbocycles. The van der Waals surface area contributed by atoms with Gasteiger partial charge >= 0.3 is 0 Å². The van der Waals surface area contributed by atoms with Crippen LogP contribution in [-0.4, -0.2) is 42.8 Å². The van der Waals surface area contributed by atoms with Crippen molar-refractivity contribution in [3.63, 3.8) is 0 Å². The summed E-state index contributed by atoms with van der Waals surface area (Å²) in [5.41, 5.74) is 8.05. The summed E-state index contributed by atoms with van der Waals surface area (Å²) in [5.74, 6) is -1.11. The first-order valence-electron chi connectivity index (χ1n) is 12.4. The maximum atomic E-state index is 14.3. The summed E-state index contributed by atoms with van der Waals surface area (Å²) < 4.78 is 10.6. The van der Waals surface area contributed by atoms with Crippen LogP contribution in [0, 0.1) is 11.8 Å². The van der Waals surface area contributed by atoms with Gasteiger partial charge in [0.2, 0.25) is 11.8 Å². The van der Waals surface area contributed by atoms with Crippen LogP contribution in [0.4, 0.5) is 0 Å².